The molecule has 1 fully saturated rings. The minimum atomic E-state index is -1.59. The van der Waals surface area contributed by atoms with Crippen molar-refractivity contribution in [3.8, 4) is 0 Å². The van der Waals surface area contributed by atoms with Gasteiger partial charge in [-0.1, -0.05) is 6.07 Å². The Bertz CT molecular complexity index is 514. The quantitative estimate of drug-likeness (QED) is 0.921. The highest BCUT2D eigenvalue weighted by Crippen LogP contribution is 2.21. The number of hydrogen-bond donors (Lipinski definition) is 1. The SMILES string of the molecule is CC(C)N1CCN(C(=O)C(O)c2ccc(F)cc2F)CC1. The van der Waals surface area contributed by atoms with Gasteiger partial charge in [0.25, 0.3) is 5.91 Å². The Labute approximate surface area is 123 Å². The molecular formula is C15H20F2N2O2. The van der Waals surface area contributed by atoms with Crippen molar-refractivity contribution >= 4 is 5.91 Å². The molecule has 21 heavy (non-hydrogen) atoms. The molecule has 0 aliphatic carbocycles. The summed E-state index contributed by atoms with van der Waals surface area (Å²) in [6.07, 6.45) is -1.59. The predicted molar refractivity (Wildman–Crippen MR) is 74.6 cm³/mol. The Morgan fingerprint density at radius 2 is 1.81 bits per heavy atom. The summed E-state index contributed by atoms with van der Waals surface area (Å²) in [6, 6.07) is 3.22. The molecular weight excluding hydrogens is 278 g/mol. The van der Waals surface area contributed by atoms with Crippen LogP contribution in [0.5, 0.6) is 0 Å². The van der Waals surface area contributed by atoms with Gasteiger partial charge in [0, 0.05) is 43.9 Å². The number of carbonyl (C=O) groups excluding carboxylic acids is 1. The van der Waals surface area contributed by atoms with Gasteiger partial charge in [-0.05, 0) is 19.9 Å². The Morgan fingerprint density at radius 3 is 2.33 bits per heavy atom. The average molecular weight is 298 g/mol. The maximum Gasteiger partial charge on any atom is 0.256 e. The first kappa shape index (κ1) is 15.9. The van der Waals surface area contributed by atoms with E-state index in [0.29, 0.717) is 25.2 Å². The lowest BCUT2D eigenvalue weighted by molar-refractivity contribution is -0.142. The van der Waals surface area contributed by atoms with Gasteiger partial charge in [-0.15, -0.1) is 0 Å². The van der Waals surface area contributed by atoms with E-state index in [1.54, 1.807) is 0 Å². The highest BCUT2D eigenvalue weighted by atomic mass is 19.1. The number of halogens is 2. The van der Waals surface area contributed by atoms with Crippen LogP contribution in [0.3, 0.4) is 0 Å². The zero-order valence-electron chi connectivity index (χ0n) is 12.2. The average Bonchev–Trinajstić information content (AvgIpc) is 2.46. The second-order valence-corrected chi connectivity index (χ2v) is 5.52. The third kappa shape index (κ3) is 3.57. The number of hydrogen-bond acceptors (Lipinski definition) is 3. The largest absolute Gasteiger partial charge is 0.378 e. The number of nitrogens with zero attached hydrogens (tertiary/aromatic N) is 2. The highest BCUT2D eigenvalue weighted by Gasteiger charge is 2.29. The lowest BCUT2D eigenvalue weighted by atomic mass is 10.1. The fourth-order valence-electron chi connectivity index (χ4n) is 2.49. The summed E-state index contributed by atoms with van der Waals surface area (Å²) in [5.74, 6) is -2.18. The van der Waals surface area contributed by atoms with E-state index in [2.05, 4.69) is 18.7 Å². The molecule has 4 nitrogen and oxygen atoms in total. The predicted octanol–water partition coefficient (Wildman–Crippen LogP) is 1.55. The molecule has 1 aliphatic rings. The van der Waals surface area contributed by atoms with Crippen LogP contribution in [-0.4, -0.2) is 53.0 Å². The first-order valence-electron chi connectivity index (χ1n) is 7.06. The van der Waals surface area contributed by atoms with Crippen LogP contribution >= 0.6 is 0 Å². The molecule has 0 bridgehead atoms. The van der Waals surface area contributed by atoms with E-state index < -0.39 is 23.6 Å². The van der Waals surface area contributed by atoms with Gasteiger partial charge in [0.05, 0.1) is 0 Å². The zero-order valence-corrected chi connectivity index (χ0v) is 12.2. The first-order valence-corrected chi connectivity index (χ1v) is 7.06. The Kier molecular flexibility index (Phi) is 4.90. The van der Waals surface area contributed by atoms with Gasteiger partial charge in [0.1, 0.15) is 11.6 Å². The molecule has 1 saturated heterocycles. The molecule has 1 unspecified atom stereocenters. The molecule has 1 atom stereocenters. The van der Waals surface area contributed by atoms with Gasteiger partial charge in [0.2, 0.25) is 0 Å². The monoisotopic (exact) mass is 298 g/mol. The molecule has 1 aromatic carbocycles. The molecule has 0 radical (unpaired) electrons. The number of aliphatic hydroxyl groups excluding tert-OH is 1. The molecule has 1 aliphatic heterocycles. The van der Waals surface area contributed by atoms with Crippen LogP contribution in [0, 0.1) is 11.6 Å². The van der Waals surface area contributed by atoms with Crippen LogP contribution in [-0.2, 0) is 4.79 Å². The fraction of sp³-hybridized carbons (Fsp3) is 0.533. The number of piperazine rings is 1. The summed E-state index contributed by atoms with van der Waals surface area (Å²) >= 11 is 0. The highest BCUT2D eigenvalue weighted by molar-refractivity contribution is 5.82. The van der Waals surface area contributed by atoms with Crippen molar-refractivity contribution in [1.82, 2.24) is 9.80 Å². The summed E-state index contributed by atoms with van der Waals surface area (Å²) in [6.45, 7) is 6.61. The van der Waals surface area contributed by atoms with E-state index in [1.165, 1.54) is 4.90 Å². The van der Waals surface area contributed by atoms with Crippen molar-refractivity contribution < 1.29 is 18.7 Å². The molecule has 1 N–H and O–H groups in total. The molecule has 1 amide bonds. The van der Waals surface area contributed by atoms with E-state index in [-0.39, 0.29) is 5.56 Å². The first-order chi connectivity index (χ1) is 9.90. The number of amides is 1. The lowest BCUT2D eigenvalue weighted by Crippen LogP contribution is -2.51. The van der Waals surface area contributed by atoms with E-state index >= 15 is 0 Å². The number of carbonyl (C=O) groups is 1. The third-order valence-corrected chi connectivity index (χ3v) is 3.85. The van der Waals surface area contributed by atoms with Crippen molar-refractivity contribution in [2.45, 2.75) is 26.0 Å². The van der Waals surface area contributed by atoms with Gasteiger partial charge in [0.15, 0.2) is 6.10 Å². The smallest absolute Gasteiger partial charge is 0.256 e. The van der Waals surface area contributed by atoms with Gasteiger partial charge in [-0.25, -0.2) is 8.78 Å². The molecule has 2 rings (SSSR count). The lowest BCUT2D eigenvalue weighted by Gasteiger charge is -2.37. The van der Waals surface area contributed by atoms with Crippen LogP contribution in [0.2, 0.25) is 0 Å². The summed E-state index contributed by atoms with van der Waals surface area (Å²) < 4.78 is 26.5. The summed E-state index contributed by atoms with van der Waals surface area (Å²) in [7, 11) is 0. The molecule has 6 heteroatoms. The standard InChI is InChI=1S/C15H20F2N2O2/c1-10(2)18-5-7-19(8-6-18)15(21)14(20)12-4-3-11(16)9-13(12)17/h3-4,9-10,14,20H,5-8H2,1-2H3. The van der Waals surface area contributed by atoms with E-state index in [9.17, 15) is 18.7 Å². The number of aliphatic hydroxyl groups is 1. The molecule has 116 valence electrons. The summed E-state index contributed by atoms with van der Waals surface area (Å²) in [5.41, 5.74) is -0.187. The van der Waals surface area contributed by atoms with Gasteiger partial charge < -0.3 is 10.0 Å². The third-order valence-electron chi connectivity index (χ3n) is 3.85. The number of rotatable bonds is 3. The zero-order chi connectivity index (χ0) is 15.6. The Hall–Kier alpha value is -1.53. The summed E-state index contributed by atoms with van der Waals surface area (Å²) in [5, 5.41) is 10.0. The van der Waals surface area contributed by atoms with Gasteiger partial charge in [-0.3, -0.25) is 9.69 Å². The van der Waals surface area contributed by atoms with Gasteiger partial charge in [-0.2, -0.15) is 0 Å². The number of benzene rings is 1. The molecule has 0 saturated carbocycles. The minimum Gasteiger partial charge on any atom is -0.378 e. The normalized spacial score (nSPS) is 18.1. The summed E-state index contributed by atoms with van der Waals surface area (Å²) in [4.78, 5) is 16.0. The Balaban J connectivity index is 2.03. The van der Waals surface area contributed by atoms with Crippen molar-refractivity contribution in [3.63, 3.8) is 0 Å². The topological polar surface area (TPSA) is 43.8 Å². The van der Waals surface area contributed by atoms with Crippen molar-refractivity contribution in [2.75, 3.05) is 26.2 Å². The van der Waals surface area contributed by atoms with Crippen LogP contribution < -0.4 is 0 Å². The van der Waals surface area contributed by atoms with E-state index in [0.717, 1.165) is 25.2 Å². The minimum absolute atomic E-state index is 0.187. The van der Waals surface area contributed by atoms with E-state index in [4.69, 9.17) is 0 Å². The van der Waals surface area contributed by atoms with Crippen LogP contribution in [0.1, 0.15) is 25.5 Å². The second-order valence-electron chi connectivity index (χ2n) is 5.52. The van der Waals surface area contributed by atoms with Crippen LogP contribution in [0.4, 0.5) is 8.78 Å². The Morgan fingerprint density at radius 1 is 1.19 bits per heavy atom. The molecule has 1 heterocycles. The molecule has 0 spiro atoms. The second kappa shape index (κ2) is 6.49. The van der Waals surface area contributed by atoms with Crippen LogP contribution in [0.25, 0.3) is 0 Å². The van der Waals surface area contributed by atoms with Crippen molar-refractivity contribution in [3.05, 3.63) is 35.4 Å². The molecule has 1 aromatic rings. The fourth-order valence-corrected chi connectivity index (χ4v) is 2.49. The maximum atomic E-state index is 13.6. The van der Waals surface area contributed by atoms with E-state index in [1.807, 2.05) is 0 Å². The van der Waals surface area contributed by atoms with Crippen molar-refractivity contribution in [2.24, 2.45) is 0 Å². The van der Waals surface area contributed by atoms with Crippen molar-refractivity contribution in [1.29, 1.82) is 0 Å². The molecule has 0 aromatic heterocycles. The maximum absolute atomic E-state index is 13.6. The van der Waals surface area contributed by atoms with Crippen LogP contribution in [0.15, 0.2) is 18.2 Å². The van der Waals surface area contributed by atoms with Gasteiger partial charge >= 0.3 is 0 Å².